The summed E-state index contributed by atoms with van der Waals surface area (Å²) in [4.78, 5) is 9.22. The largest absolute Gasteiger partial charge is 0.256 e. The Morgan fingerprint density at radius 1 is 0.406 bits per heavy atom. The number of hydrogen-bond donors (Lipinski definition) is 0. The van der Waals surface area contributed by atoms with Gasteiger partial charge in [-0.1, -0.05) is 60.7 Å². The first-order chi connectivity index (χ1) is 15.9. The van der Waals surface area contributed by atoms with Crippen LogP contribution in [0.15, 0.2) is 122 Å². The molecule has 0 amide bonds. The molecular formula is C30H20N2. The summed E-state index contributed by atoms with van der Waals surface area (Å²) in [6, 6.07) is 38.3. The van der Waals surface area contributed by atoms with Gasteiger partial charge >= 0.3 is 0 Å². The molecule has 6 aromatic rings. The number of hydrogen-bond acceptors (Lipinski definition) is 2. The molecule has 150 valence electrons. The Labute approximate surface area is 186 Å². The maximum Gasteiger partial charge on any atom is 0.0702 e. The summed E-state index contributed by atoms with van der Waals surface area (Å²) in [5.41, 5.74) is 6.60. The van der Waals surface area contributed by atoms with Crippen molar-refractivity contribution in [3.8, 4) is 33.6 Å². The van der Waals surface area contributed by atoms with Crippen molar-refractivity contribution >= 4 is 21.5 Å². The second-order valence-electron chi connectivity index (χ2n) is 7.92. The zero-order valence-electron chi connectivity index (χ0n) is 17.4. The second kappa shape index (κ2) is 7.75. The Bertz CT molecular complexity index is 1430. The molecule has 0 fully saturated rings. The van der Waals surface area contributed by atoms with E-state index >= 15 is 0 Å². The van der Waals surface area contributed by atoms with E-state index in [4.69, 9.17) is 0 Å². The molecule has 2 nitrogen and oxygen atoms in total. The Morgan fingerprint density at radius 3 is 1.28 bits per heavy atom. The normalized spacial score (nSPS) is 11.1. The molecular weight excluding hydrogens is 388 g/mol. The maximum absolute atomic E-state index is 4.61. The van der Waals surface area contributed by atoms with Crippen LogP contribution in [-0.4, -0.2) is 9.97 Å². The van der Waals surface area contributed by atoms with Crippen molar-refractivity contribution in [2.45, 2.75) is 0 Å². The summed E-state index contributed by atoms with van der Waals surface area (Å²) in [5, 5.41) is 4.88. The van der Waals surface area contributed by atoms with E-state index in [9.17, 15) is 0 Å². The first-order valence-electron chi connectivity index (χ1n) is 10.8. The standard InChI is InChI=1S/C30H20N2/c1-3-11-25-21(9-1)17-23(29-13-5-7-15-31-29)19-27(25)28-20-24(30-14-6-8-16-32-30)18-22-10-2-4-12-26(22)28/h1-20H. The molecule has 32 heavy (non-hydrogen) atoms. The number of aromatic nitrogens is 2. The predicted molar refractivity (Wildman–Crippen MR) is 133 cm³/mol. The third-order valence-electron chi connectivity index (χ3n) is 5.94. The van der Waals surface area contributed by atoms with Crippen molar-refractivity contribution in [2.24, 2.45) is 0 Å². The first-order valence-corrected chi connectivity index (χ1v) is 10.8. The molecule has 0 bridgehead atoms. The van der Waals surface area contributed by atoms with E-state index in [-0.39, 0.29) is 0 Å². The van der Waals surface area contributed by atoms with Crippen LogP contribution in [0.3, 0.4) is 0 Å². The highest BCUT2D eigenvalue weighted by Crippen LogP contribution is 2.39. The van der Waals surface area contributed by atoms with E-state index < -0.39 is 0 Å². The smallest absolute Gasteiger partial charge is 0.0702 e. The average molecular weight is 409 g/mol. The van der Waals surface area contributed by atoms with Crippen molar-refractivity contribution in [1.82, 2.24) is 9.97 Å². The summed E-state index contributed by atoms with van der Waals surface area (Å²) < 4.78 is 0. The quantitative estimate of drug-likeness (QED) is 0.299. The Morgan fingerprint density at radius 2 is 0.844 bits per heavy atom. The lowest BCUT2D eigenvalue weighted by Crippen LogP contribution is -1.90. The molecule has 4 aromatic carbocycles. The van der Waals surface area contributed by atoms with Gasteiger partial charge in [-0.3, -0.25) is 9.97 Å². The van der Waals surface area contributed by atoms with Crippen LogP contribution < -0.4 is 0 Å². The van der Waals surface area contributed by atoms with E-state index in [1.807, 2.05) is 36.7 Å². The molecule has 0 spiro atoms. The van der Waals surface area contributed by atoms with E-state index in [0.29, 0.717) is 0 Å². The Balaban J connectivity index is 1.70. The molecule has 0 unspecified atom stereocenters. The topological polar surface area (TPSA) is 25.8 Å². The van der Waals surface area contributed by atoms with Crippen LogP contribution in [0, 0.1) is 0 Å². The van der Waals surface area contributed by atoms with Gasteiger partial charge in [-0.2, -0.15) is 0 Å². The van der Waals surface area contributed by atoms with Crippen LogP contribution in [0.4, 0.5) is 0 Å². The molecule has 0 radical (unpaired) electrons. The van der Waals surface area contributed by atoms with Crippen LogP contribution in [0.2, 0.25) is 0 Å². The van der Waals surface area contributed by atoms with Gasteiger partial charge in [0.1, 0.15) is 0 Å². The molecule has 0 aliphatic heterocycles. The summed E-state index contributed by atoms with van der Waals surface area (Å²) in [7, 11) is 0. The van der Waals surface area contributed by atoms with Crippen LogP contribution in [0.1, 0.15) is 0 Å². The fraction of sp³-hybridized carbons (Fsp3) is 0. The van der Waals surface area contributed by atoms with Gasteiger partial charge in [0.25, 0.3) is 0 Å². The zero-order chi connectivity index (χ0) is 21.3. The van der Waals surface area contributed by atoms with Crippen LogP contribution >= 0.6 is 0 Å². The van der Waals surface area contributed by atoms with Gasteiger partial charge in [0.05, 0.1) is 11.4 Å². The highest BCUT2D eigenvalue weighted by atomic mass is 14.7. The summed E-state index contributed by atoms with van der Waals surface area (Å²) >= 11 is 0. The third-order valence-corrected chi connectivity index (χ3v) is 5.94. The van der Waals surface area contributed by atoms with Gasteiger partial charge in [0, 0.05) is 23.5 Å². The number of pyridine rings is 2. The van der Waals surface area contributed by atoms with Gasteiger partial charge in [0.15, 0.2) is 0 Å². The number of nitrogens with zero attached hydrogens (tertiary/aromatic N) is 2. The third kappa shape index (κ3) is 3.23. The second-order valence-corrected chi connectivity index (χ2v) is 7.92. The lowest BCUT2D eigenvalue weighted by molar-refractivity contribution is 1.33. The number of fused-ring (bicyclic) bond motifs is 2. The molecule has 6 rings (SSSR count). The zero-order valence-corrected chi connectivity index (χ0v) is 17.4. The van der Waals surface area contributed by atoms with Crippen molar-refractivity contribution in [3.63, 3.8) is 0 Å². The van der Waals surface area contributed by atoms with Crippen molar-refractivity contribution in [1.29, 1.82) is 0 Å². The molecule has 2 aromatic heterocycles. The van der Waals surface area contributed by atoms with Gasteiger partial charge in [-0.05, 0) is 81.2 Å². The van der Waals surface area contributed by atoms with Crippen molar-refractivity contribution in [2.75, 3.05) is 0 Å². The minimum absolute atomic E-state index is 0.977. The van der Waals surface area contributed by atoms with Crippen LogP contribution in [-0.2, 0) is 0 Å². The van der Waals surface area contributed by atoms with Crippen molar-refractivity contribution in [3.05, 3.63) is 122 Å². The monoisotopic (exact) mass is 408 g/mol. The highest BCUT2D eigenvalue weighted by Gasteiger charge is 2.13. The number of rotatable bonds is 3. The fourth-order valence-corrected chi connectivity index (χ4v) is 4.43. The SMILES string of the molecule is c1ccc(-c2cc(-c3cc(-c4ccccn4)cc4ccccc34)c3ccccc3c2)nc1. The number of benzene rings is 4. The lowest BCUT2D eigenvalue weighted by Gasteiger charge is -2.15. The molecule has 0 saturated carbocycles. The van der Waals surface area contributed by atoms with Crippen LogP contribution in [0.25, 0.3) is 55.2 Å². The van der Waals surface area contributed by atoms with Gasteiger partial charge < -0.3 is 0 Å². The maximum atomic E-state index is 4.61. The molecule has 0 saturated heterocycles. The Hall–Kier alpha value is -4.30. The fourth-order valence-electron chi connectivity index (χ4n) is 4.43. The Kier molecular flexibility index (Phi) is 4.47. The lowest BCUT2D eigenvalue weighted by atomic mass is 9.89. The van der Waals surface area contributed by atoms with Gasteiger partial charge in [-0.25, -0.2) is 0 Å². The molecule has 2 heterocycles. The predicted octanol–water partition coefficient (Wildman–Crippen LogP) is 7.78. The summed E-state index contributed by atoms with van der Waals surface area (Å²) in [6.07, 6.45) is 3.70. The van der Waals surface area contributed by atoms with Gasteiger partial charge in [-0.15, -0.1) is 0 Å². The van der Waals surface area contributed by atoms with E-state index in [0.717, 1.165) is 22.5 Å². The van der Waals surface area contributed by atoms with E-state index in [1.165, 1.54) is 32.7 Å². The minimum Gasteiger partial charge on any atom is -0.256 e. The molecule has 2 heteroatoms. The minimum atomic E-state index is 0.977. The average Bonchev–Trinajstić information content (AvgIpc) is 2.88. The van der Waals surface area contributed by atoms with E-state index in [1.54, 1.807) is 0 Å². The molecule has 0 aliphatic rings. The van der Waals surface area contributed by atoms with Crippen LogP contribution in [0.5, 0.6) is 0 Å². The first kappa shape index (κ1) is 18.5. The highest BCUT2D eigenvalue weighted by molar-refractivity contribution is 6.08. The molecule has 0 atom stereocenters. The van der Waals surface area contributed by atoms with Crippen molar-refractivity contribution < 1.29 is 0 Å². The van der Waals surface area contributed by atoms with E-state index in [2.05, 4.69) is 94.9 Å². The summed E-state index contributed by atoms with van der Waals surface area (Å²) in [6.45, 7) is 0. The van der Waals surface area contributed by atoms with Gasteiger partial charge in [0.2, 0.25) is 0 Å². The molecule has 0 aliphatic carbocycles. The summed E-state index contributed by atoms with van der Waals surface area (Å²) in [5.74, 6) is 0. The molecule has 0 N–H and O–H groups in total.